The van der Waals surface area contributed by atoms with Gasteiger partial charge in [-0.2, -0.15) is 0 Å². The minimum Gasteiger partial charge on any atom is -0.298 e. The van der Waals surface area contributed by atoms with E-state index in [1.807, 2.05) is 6.07 Å². The monoisotopic (exact) mass is 296 g/mol. The molecule has 0 saturated carbocycles. The Labute approximate surface area is 122 Å². The fourth-order valence-corrected chi connectivity index (χ4v) is 3.88. The van der Waals surface area contributed by atoms with E-state index in [0.29, 0.717) is 4.90 Å². The number of benzene rings is 1. The average Bonchev–Trinajstić information content (AvgIpc) is 2.39. The Morgan fingerprint density at radius 3 is 2.15 bits per heavy atom. The van der Waals surface area contributed by atoms with Crippen LogP contribution in [0.3, 0.4) is 0 Å². The lowest BCUT2D eigenvalue weighted by molar-refractivity contribution is 0.100. The molecule has 1 aromatic carbocycles. The van der Waals surface area contributed by atoms with Gasteiger partial charge < -0.3 is 0 Å². The molecule has 20 heavy (non-hydrogen) atoms. The molecule has 5 heteroatoms. The number of hydrogen-bond donors (Lipinski definition) is 1. The molecule has 1 saturated heterocycles. The predicted octanol–water partition coefficient (Wildman–Crippen LogP) is 2.23. The largest absolute Gasteiger partial charge is 0.298 e. The maximum Gasteiger partial charge on any atom is 0.240 e. The van der Waals surface area contributed by atoms with Crippen molar-refractivity contribution in [3.8, 4) is 0 Å². The molecule has 4 nitrogen and oxygen atoms in total. The summed E-state index contributed by atoms with van der Waals surface area (Å²) in [5.74, 6) is 0. The summed E-state index contributed by atoms with van der Waals surface area (Å²) in [5, 5.41) is 0. The van der Waals surface area contributed by atoms with E-state index in [1.54, 1.807) is 24.3 Å². The van der Waals surface area contributed by atoms with Crippen LogP contribution in [0.15, 0.2) is 35.2 Å². The molecular formula is C15H24N2O2S. The van der Waals surface area contributed by atoms with Crippen LogP contribution >= 0.6 is 0 Å². The highest BCUT2D eigenvalue weighted by Crippen LogP contribution is 2.21. The summed E-state index contributed by atoms with van der Waals surface area (Å²) in [7, 11) is -3.38. The van der Waals surface area contributed by atoms with Crippen LogP contribution in [-0.2, 0) is 10.0 Å². The van der Waals surface area contributed by atoms with E-state index in [4.69, 9.17) is 0 Å². The molecule has 0 bridgehead atoms. The maximum absolute atomic E-state index is 12.3. The number of piperidine rings is 1. The van der Waals surface area contributed by atoms with Gasteiger partial charge in [0, 0.05) is 24.7 Å². The highest BCUT2D eigenvalue weighted by atomic mass is 32.2. The summed E-state index contributed by atoms with van der Waals surface area (Å²) in [6.45, 7) is 8.46. The molecule has 0 atom stereocenters. The third-order valence-electron chi connectivity index (χ3n) is 3.82. The second-order valence-electron chi connectivity index (χ2n) is 6.37. The minimum absolute atomic E-state index is 0.0406. The van der Waals surface area contributed by atoms with Gasteiger partial charge in [-0.15, -0.1) is 0 Å². The van der Waals surface area contributed by atoms with E-state index in [0.717, 1.165) is 25.9 Å². The average molecular weight is 296 g/mol. The Kier molecular flexibility index (Phi) is 4.52. The Hall–Kier alpha value is -0.910. The van der Waals surface area contributed by atoms with Gasteiger partial charge in [0.1, 0.15) is 0 Å². The van der Waals surface area contributed by atoms with Crippen molar-refractivity contribution in [3.63, 3.8) is 0 Å². The number of hydrogen-bond acceptors (Lipinski definition) is 3. The summed E-state index contributed by atoms with van der Waals surface area (Å²) in [4.78, 5) is 2.75. The van der Waals surface area contributed by atoms with E-state index < -0.39 is 10.0 Å². The lowest BCUT2D eigenvalue weighted by atomic mass is 9.99. The van der Waals surface area contributed by atoms with Gasteiger partial charge in [-0.1, -0.05) is 18.2 Å². The van der Waals surface area contributed by atoms with Gasteiger partial charge in [-0.25, -0.2) is 13.1 Å². The predicted molar refractivity (Wildman–Crippen MR) is 81.1 cm³/mol. The van der Waals surface area contributed by atoms with Crippen LogP contribution in [0.4, 0.5) is 0 Å². The molecule has 0 unspecified atom stereocenters. The molecule has 0 aliphatic carbocycles. The molecule has 0 spiro atoms. The number of rotatable bonds is 3. The first-order valence-corrected chi connectivity index (χ1v) is 8.60. The lowest BCUT2D eigenvalue weighted by Crippen LogP contribution is -2.50. The molecule has 1 N–H and O–H groups in total. The summed E-state index contributed by atoms with van der Waals surface area (Å²) >= 11 is 0. The van der Waals surface area contributed by atoms with Crippen molar-refractivity contribution in [3.05, 3.63) is 30.3 Å². The summed E-state index contributed by atoms with van der Waals surface area (Å²) in [6, 6.07) is 8.62. The zero-order chi connectivity index (χ0) is 14.8. The van der Waals surface area contributed by atoms with Crippen molar-refractivity contribution in [2.75, 3.05) is 13.1 Å². The molecule has 1 aliphatic heterocycles. The van der Waals surface area contributed by atoms with Crippen LogP contribution in [0, 0.1) is 0 Å². The first kappa shape index (κ1) is 15.5. The summed E-state index contributed by atoms with van der Waals surface area (Å²) in [6.07, 6.45) is 1.73. The highest BCUT2D eigenvalue weighted by molar-refractivity contribution is 7.89. The van der Waals surface area contributed by atoms with Crippen LogP contribution in [0.1, 0.15) is 33.6 Å². The number of sulfonamides is 1. The molecular weight excluding hydrogens is 272 g/mol. The molecule has 1 aliphatic rings. The third kappa shape index (κ3) is 3.81. The van der Waals surface area contributed by atoms with Gasteiger partial charge in [-0.05, 0) is 45.7 Å². The second-order valence-corrected chi connectivity index (χ2v) is 8.08. The fraction of sp³-hybridized carbons (Fsp3) is 0.600. The van der Waals surface area contributed by atoms with E-state index in [1.165, 1.54) is 0 Å². The Bertz CT molecular complexity index is 527. The number of nitrogens with one attached hydrogen (secondary N) is 1. The van der Waals surface area contributed by atoms with Crippen molar-refractivity contribution in [1.82, 2.24) is 9.62 Å². The molecule has 1 fully saturated rings. The lowest BCUT2D eigenvalue weighted by Gasteiger charge is -2.40. The van der Waals surface area contributed by atoms with Crippen LogP contribution in [0.25, 0.3) is 0 Å². The summed E-state index contributed by atoms with van der Waals surface area (Å²) < 4.78 is 27.3. The molecule has 1 heterocycles. The van der Waals surface area contributed by atoms with Crippen molar-refractivity contribution >= 4 is 10.0 Å². The Balaban J connectivity index is 1.96. The van der Waals surface area contributed by atoms with Gasteiger partial charge in [0.2, 0.25) is 10.0 Å². The van der Waals surface area contributed by atoms with Crippen molar-refractivity contribution in [2.24, 2.45) is 0 Å². The van der Waals surface area contributed by atoms with Gasteiger partial charge in [0.15, 0.2) is 0 Å². The van der Waals surface area contributed by atoms with E-state index >= 15 is 0 Å². The molecule has 0 radical (unpaired) electrons. The van der Waals surface area contributed by atoms with Crippen molar-refractivity contribution in [1.29, 1.82) is 0 Å². The van der Waals surface area contributed by atoms with Crippen LogP contribution < -0.4 is 4.72 Å². The first-order valence-electron chi connectivity index (χ1n) is 7.11. The van der Waals surface area contributed by atoms with Crippen molar-refractivity contribution in [2.45, 2.75) is 50.1 Å². The molecule has 0 amide bonds. The van der Waals surface area contributed by atoms with Gasteiger partial charge in [0.25, 0.3) is 0 Å². The third-order valence-corrected chi connectivity index (χ3v) is 5.36. The van der Waals surface area contributed by atoms with E-state index in [2.05, 4.69) is 30.4 Å². The SMILES string of the molecule is CC(C)(C)N1CCC(NS(=O)(=O)c2ccccc2)CC1. The van der Waals surface area contributed by atoms with Crippen molar-refractivity contribution < 1.29 is 8.42 Å². The highest BCUT2D eigenvalue weighted by Gasteiger charge is 2.29. The Morgan fingerprint density at radius 1 is 1.10 bits per heavy atom. The van der Waals surface area contributed by atoms with Gasteiger partial charge >= 0.3 is 0 Å². The van der Waals surface area contributed by atoms with E-state index in [-0.39, 0.29) is 11.6 Å². The fourth-order valence-electron chi connectivity index (χ4n) is 2.56. The molecule has 112 valence electrons. The second kappa shape index (κ2) is 5.84. The van der Waals surface area contributed by atoms with Crippen LogP contribution in [-0.4, -0.2) is 38.0 Å². The molecule has 1 aromatic rings. The van der Waals surface area contributed by atoms with Crippen LogP contribution in [0.5, 0.6) is 0 Å². The molecule has 2 rings (SSSR count). The topological polar surface area (TPSA) is 49.4 Å². The summed E-state index contributed by atoms with van der Waals surface area (Å²) in [5.41, 5.74) is 0.156. The standard InChI is InChI=1S/C15H24N2O2S/c1-15(2,3)17-11-9-13(10-12-17)16-20(18,19)14-7-5-4-6-8-14/h4-8,13,16H,9-12H2,1-3H3. The quantitative estimate of drug-likeness (QED) is 0.930. The minimum atomic E-state index is -3.38. The zero-order valence-corrected chi connectivity index (χ0v) is 13.3. The van der Waals surface area contributed by atoms with E-state index in [9.17, 15) is 8.42 Å². The maximum atomic E-state index is 12.3. The normalized spacial score (nSPS) is 19.1. The Morgan fingerprint density at radius 2 is 1.65 bits per heavy atom. The van der Waals surface area contributed by atoms with Gasteiger partial charge in [0.05, 0.1) is 4.90 Å². The number of likely N-dealkylation sites (tertiary alicyclic amines) is 1. The first-order chi connectivity index (χ1) is 9.29. The zero-order valence-electron chi connectivity index (χ0n) is 12.5. The smallest absolute Gasteiger partial charge is 0.240 e. The van der Waals surface area contributed by atoms with Crippen LogP contribution in [0.2, 0.25) is 0 Å². The van der Waals surface area contributed by atoms with Gasteiger partial charge in [-0.3, -0.25) is 4.90 Å². The number of nitrogens with zero attached hydrogens (tertiary/aromatic N) is 1. The molecule has 0 aromatic heterocycles.